The van der Waals surface area contributed by atoms with Gasteiger partial charge in [0, 0.05) is 7.11 Å². The highest BCUT2D eigenvalue weighted by atomic mass is 32.2. The number of methoxy groups -OCH3 is 1. The summed E-state index contributed by atoms with van der Waals surface area (Å²) in [5.41, 5.74) is 0. The van der Waals surface area contributed by atoms with E-state index >= 15 is 0 Å². The van der Waals surface area contributed by atoms with E-state index in [4.69, 9.17) is 9.47 Å². The van der Waals surface area contributed by atoms with Crippen LogP contribution in [0, 0.1) is 0 Å². The zero-order valence-corrected chi connectivity index (χ0v) is 7.78. The normalized spacial score (nSPS) is 13.6. The Morgan fingerprint density at radius 1 is 1.36 bits per heavy atom. The van der Waals surface area contributed by atoms with Crippen molar-refractivity contribution in [2.24, 2.45) is 0 Å². The van der Waals surface area contributed by atoms with Crippen LogP contribution in [0.4, 0.5) is 0 Å². The maximum atomic E-state index is 10.5. The van der Waals surface area contributed by atoms with Crippen LogP contribution in [0.15, 0.2) is 0 Å². The summed E-state index contributed by atoms with van der Waals surface area (Å²) in [6.45, 7) is 2.39. The van der Waals surface area contributed by atoms with Crippen molar-refractivity contribution in [1.82, 2.24) is 0 Å². The topological polar surface area (TPSA) is 49.5 Å². The Morgan fingerprint density at radius 3 is 2.64 bits per heavy atom. The predicted molar refractivity (Wildman–Crippen MR) is 42.5 cm³/mol. The van der Waals surface area contributed by atoms with Gasteiger partial charge in [-0.3, -0.25) is 0 Å². The summed E-state index contributed by atoms with van der Waals surface area (Å²) >= 11 is 0. The second-order valence-electron chi connectivity index (χ2n) is 1.95. The molecule has 0 aliphatic carbocycles. The van der Waals surface area contributed by atoms with Gasteiger partial charge in [0.25, 0.3) is 0 Å². The molecule has 68 valence electrons. The molecule has 11 heavy (non-hydrogen) atoms. The average molecular weight is 181 g/mol. The fourth-order valence-electron chi connectivity index (χ4n) is 0.502. The molecule has 0 atom stereocenters. The molecule has 0 radical (unpaired) electrons. The van der Waals surface area contributed by atoms with Crippen molar-refractivity contribution in [3.63, 3.8) is 0 Å². The van der Waals surface area contributed by atoms with E-state index in [1.165, 1.54) is 0 Å². The number of ether oxygens (including phenoxy) is 2. The Labute approximate surface area is 69.1 Å². The first-order chi connectivity index (χ1) is 5.27. The highest BCUT2D eigenvalue weighted by Gasteiger charge is 1.86. The van der Waals surface area contributed by atoms with Crippen LogP contribution in [0.2, 0.25) is 0 Å². The molecule has 0 rings (SSSR count). The number of rotatable bonds is 6. The Balaban J connectivity index is 3.03. The minimum atomic E-state index is -0.934. The van der Waals surface area contributed by atoms with Crippen molar-refractivity contribution < 1.29 is 18.0 Å². The molecule has 0 aromatic carbocycles. The predicted octanol–water partition coefficient (Wildman–Crippen LogP) is -1.49. The number of nitrogens with one attached hydrogen (secondary N) is 1. The van der Waals surface area contributed by atoms with Gasteiger partial charge in [-0.1, -0.05) is 6.26 Å². The van der Waals surface area contributed by atoms with Gasteiger partial charge < -0.3 is 18.0 Å². The summed E-state index contributed by atoms with van der Waals surface area (Å²) in [4.78, 5) is 0. The lowest BCUT2D eigenvalue weighted by Gasteiger charge is -1.98. The quantitative estimate of drug-likeness (QED) is 0.401. The minimum absolute atomic E-state index is 0.572. The van der Waals surface area contributed by atoms with Crippen molar-refractivity contribution in [3.05, 3.63) is 0 Å². The third-order valence-electron chi connectivity index (χ3n) is 0.984. The highest BCUT2D eigenvalue weighted by molar-refractivity contribution is 7.71. The van der Waals surface area contributed by atoms with E-state index in [0.717, 1.165) is 0 Å². The fraction of sp³-hybridized carbons (Fsp3) is 1.00. The van der Waals surface area contributed by atoms with Crippen molar-refractivity contribution in [3.8, 4) is 0 Å². The van der Waals surface area contributed by atoms with Crippen LogP contribution in [0.25, 0.3) is 0 Å². The first-order valence-corrected chi connectivity index (χ1v) is 4.96. The van der Waals surface area contributed by atoms with Gasteiger partial charge in [-0.25, -0.2) is 0 Å². The average Bonchev–Trinajstić information content (AvgIpc) is 1.96. The van der Waals surface area contributed by atoms with Crippen molar-refractivity contribution >= 4 is 10.6 Å². The molecule has 0 aliphatic heterocycles. The van der Waals surface area contributed by atoms with Crippen molar-refractivity contribution in [2.75, 3.05) is 39.7 Å². The zero-order chi connectivity index (χ0) is 8.53. The Morgan fingerprint density at radius 2 is 2.09 bits per heavy atom. The van der Waals surface area contributed by atoms with E-state index in [-0.39, 0.29) is 0 Å². The molecule has 4 nitrogen and oxygen atoms in total. The molecule has 0 fully saturated rings. The van der Waals surface area contributed by atoms with Crippen LogP contribution >= 0.6 is 0 Å². The fourth-order valence-corrected chi connectivity index (χ4v) is 0.873. The highest BCUT2D eigenvalue weighted by Crippen LogP contribution is 1.71. The molecule has 0 amide bonds. The van der Waals surface area contributed by atoms with Crippen molar-refractivity contribution in [1.29, 1.82) is 0 Å². The van der Waals surface area contributed by atoms with E-state index in [1.54, 1.807) is 13.4 Å². The molecule has 0 unspecified atom stereocenters. The summed E-state index contributed by atoms with van der Waals surface area (Å²) in [5.74, 6) is 0. The van der Waals surface area contributed by atoms with E-state index in [2.05, 4.69) is 4.36 Å². The lowest BCUT2D eigenvalue weighted by atomic mass is 10.7. The summed E-state index contributed by atoms with van der Waals surface area (Å²) in [5, 5.41) is 0. The lowest BCUT2D eigenvalue weighted by Crippen LogP contribution is -2.69. The van der Waals surface area contributed by atoms with E-state index in [1.807, 2.05) is 0 Å². The van der Waals surface area contributed by atoms with Crippen LogP contribution in [-0.2, 0) is 24.3 Å². The van der Waals surface area contributed by atoms with Crippen LogP contribution in [0.5, 0.6) is 0 Å². The van der Waals surface area contributed by atoms with Gasteiger partial charge in [-0.05, 0) is 10.6 Å². The maximum absolute atomic E-state index is 10.5. The summed E-state index contributed by atoms with van der Waals surface area (Å²) < 4.78 is 23.0. The smallest absolute Gasteiger partial charge is 0.145 e. The van der Waals surface area contributed by atoms with E-state index in [0.29, 0.717) is 26.4 Å². The molecule has 0 saturated carbocycles. The Kier molecular flexibility index (Phi) is 7.88. The molecular formula is C6H15NO3S. The van der Waals surface area contributed by atoms with Crippen LogP contribution in [0.1, 0.15) is 0 Å². The first-order valence-electron chi connectivity index (χ1n) is 3.41. The standard InChI is InChI=1S/C6H15NO3S/c1-9-5-6-10-4-3-7-11(2)8/h7H,3-6H2,1-2H3. The van der Waals surface area contributed by atoms with Crippen LogP contribution < -0.4 is 4.36 Å². The number of hydrogen-bond donors (Lipinski definition) is 1. The van der Waals surface area contributed by atoms with Crippen molar-refractivity contribution in [2.45, 2.75) is 0 Å². The van der Waals surface area contributed by atoms with Gasteiger partial charge in [0.05, 0.1) is 13.2 Å². The lowest BCUT2D eigenvalue weighted by molar-refractivity contribution is -0.434. The van der Waals surface area contributed by atoms with Gasteiger partial charge in [-0.15, -0.1) is 0 Å². The van der Waals surface area contributed by atoms with Gasteiger partial charge in [0.15, 0.2) is 0 Å². The van der Waals surface area contributed by atoms with E-state index < -0.39 is 10.6 Å². The first kappa shape index (κ1) is 10.9. The minimum Gasteiger partial charge on any atom is -0.400 e. The second kappa shape index (κ2) is 7.97. The van der Waals surface area contributed by atoms with Crippen LogP contribution in [-0.4, -0.2) is 39.7 Å². The largest absolute Gasteiger partial charge is 0.400 e. The molecule has 0 saturated heterocycles. The molecule has 0 aliphatic rings. The van der Waals surface area contributed by atoms with Gasteiger partial charge in [0.2, 0.25) is 0 Å². The molecule has 0 heterocycles. The summed E-state index contributed by atoms with van der Waals surface area (Å²) in [6, 6.07) is 0. The molecule has 0 bridgehead atoms. The molecule has 0 aromatic heterocycles. The SMILES string of the molecule is COCCOCC[NH+]=[S-](C)=O. The monoisotopic (exact) mass is 181 g/mol. The van der Waals surface area contributed by atoms with Gasteiger partial charge in [-0.2, -0.15) is 0 Å². The third-order valence-corrected chi connectivity index (χ3v) is 1.59. The number of hydrogen-bond acceptors (Lipinski definition) is 4. The summed E-state index contributed by atoms with van der Waals surface area (Å²) in [7, 11) is 0.694. The zero-order valence-electron chi connectivity index (χ0n) is 6.96. The molecule has 0 spiro atoms. The second-order valence-corrected chi connectivity index (χ2v) is 3.15. The van der Waals surface area contributed by atoms with Crippen LogP contribution in [0.3, 0.4) is 0 Å². The molecule has 1 N–H and O–H groups in total. The van der Waals surface area contributed by atoms with Gasteiger partial charge in [0.1, 0.15) is 13.2 Å². The molecular weight excluding hydrogens is 166 g/mol. The van der Waals surface area contributed by atoms with Gasteiger partial charge >= 0.3 is 0 Å². The van der Waals surface area contributed by atoms with E-state index in [9.17, 15) is 4.21 Å². The molecule has 0 aromatic rings. The Bertz CT molecular complexity index is 154. The Hall–Kier alpha value is -0.130. The summed E-state index contributed by atoms with van der Waals surface area (Å²) in [6.07, 6.45) is 1.59. The molecule has 5 heteroatoms. The maximum Gasteiger partial charge on any atom is 0.145 e. The third kappa shape index (κ3) is 9.87.